The molecule has 192 valence electrons. The van der Waals surface area contributed by atoms with Crippen molar-refractivity contribution >= 4 is 35.8 Å². The van der Waals surface area contributed by atoms with E-state index >= 15 is 0 Å². The number of aliphatic hydroxyl groups is 1. The van der Waals surface area contributed by atoms with E-state index in [1.807, 2.05) is 0 Å². The van der Waals surface area contributed by atoms with E-state index in [2.05, 4.69) is 0 Å². The van der Waals surface area contributed by atoms with Gasteiger partial charge in [0.25, 0.3) is 0 Å². The van der Waals surface area contributed by atoms with E-state index in [9.17, 15) is 33.9 Å². The molecule has 0 heterocycles. The van der Waals surface area contributed by atoms with E-state index in [1.54, 1.807) is 0 Å². The summed E-state index contributed by atoms with van der Waals surface area (Å²) in [6, 6.07) is 0. The molecular weight excluding hydrogens is 460 g/mol. The smallest absolute Gasteiger partial charge is 0.303 e. The molecule has 1 N–H and O–H groups in total. The Labute approximate surface area is 195 Å². The number of carbonyl (C=O) groups is 6. The van der Waals surface area contributed by atoms with Gasteiger partial charge in [-0.3, -0.25) is 28.8 Å². The Morgan fingerprint density at radius 1 is 0.588 bits per heavy atom. The lowest BCUT2D eigenvalue weighted by Crippen LogP contribution is -2.74. The van der Waals surface area contributed by atoms with Gasteiger partial charge in [-0.15, -0.1) is 0 Å². The highest BCUT2D eigenvalue weighted by Crippen LogP contribution is 2.41. The first-order valence-corrected chi connectivity index (χ1v) is 10.4. The van der Waals surface area contributed by atoms with Gasteiger partial charge >= 0.3 is 35.8 Å². The monoisotopic (exact) mass is 490 g/mol. The van der Waals surface area contributed by atoms with Crippen molar-refractivity contribution in [3.8, 4) is 0 Å². The quantitative estimate of drug-likeness (QED) is 0.254. The van der Waals surface area contributed by atoms with Gasteiger partial charge in [0.1, 0.15) is 5.60 Å². The summed E-state index contributed by atoms with van der Waals surface area (Å²) in [5, 5.41) is 11.8. The molecule has 13 heteroatoms. The molecule has 0 radical (unpaired) electrons. The maximum absolute atomic E-state index is 11.9. The van der Waals surface area contributed by atoms with Crippen molar-refractivity contribution in [1.29, 1.82) is 0 Å². The minimum atomic E-state index is -2.33. The van der Waals surface area contributed by atoms with E-state index in [0.717, 1.165) is 34.6 Å². The fourth-order valence-corrected chi connectivity index (χ4v) is 3.78. The summed E-state index contributed by atoms with van der Waals surface area (Å²) >= 11 is 0. The van der Waals surface area contributed by atoms with Gasteiger partial charge in [-0.05, 0) is 12.8 Å². The first-order chi connectivity index (χ1) is 15.7. The van der Waals surface area contributed by atoms with Gasteiger partial charge in [0.05, 0.1) is 6.61 Å². The van der Waals surface area contributed by atoms with Crippen LogP contribution in [-0.2, 0) is 57.2 Å². The molecule has 13 nitrogen and oxygen atoms in total. The number of hydrogen-bond acceptors (Lipinski definition) is 13. The maximum Gasteiger partial charge on any atom is 0.303 e. The van der Waals surface area contributed by atoms with Crippen molar-refractivity contribution in [2.45, 2.75) is 90.5 Å². The van der Waals surface area contributed by atoms with E-state index in [0.29, 0.717) is 0 Å². The second-order valence-electron chi connectivity index (χ2n) is 7.72. The average molecular weight is 490 g/mol. The Balaban J connectivity index is 3.70. The highest BCUT2D eigenvalue weighted by molar-refractivity contribution is 5.70. The molecule has 0 spiro atoms. The Morgan fingerprint density at radius 3 is 1.26 bits per heavy atom. The van der Waals surface area contributed by atoms with Crippen LogP contribution in [0.1, 0.15) is 54.4 Å². The largest absolute Gasteiger partial charge is 0.466 e. The van der Waals surface area contributed by atoms with Crippen LogP contribution in [0.25, 0.3) is 0 Å². The number of carbonyl (C=O) groups excluding carboxylic acids is 6. The minimum absolute atomic E-state index is 0.0244. The molecule has 1 fully saturated rings. The van der Waals surface area contributed by atoms with Crippen LogP contribution in [0.5, 0.6) is 0 Å². The number of ether oxygens (including phenoxy) is 6. The molecule has 0 aromatic heterocycles. The van der Waals surface area contributed by atoms with Crippen molar-refractivity contribution in [2.75, 3.05) is 6.61 Å². The van der Waals surface area contributed by atoms with Crippen LogP contribution in [0, 0.1) is 0 Å². The van der Waals surface area contributed by atoms with Crippen LogP contribution in [0.4, 0.5) is 0 Å². The number of rotatable bonds is 9. The molecule has 1 aliphatic rings. The van der Waals surface area contributed by atoms with Gasteiger partial charge in [-0.2, -0.15) is 0 Å². The molecule has 34 heavy (non-hydrogen) atoms. The van der Waals surface area contributed by atoms with Crippen molar-refractivity contribution in [3.63, 3.8) is 0 Å². The summed E-state index contributed by atoms with van der Waals surface area (Å²) in [6.45, 7) is 6.12. The molecule has 1 saturated carbocycles. The van der Waals surface area contributed by atoms with Crippen molar-refractivity contribution in [3.05, 3.63) is 0 Å². The standard InChI is InChI=1S/C21H30O13/c1-10(22)29-9-7-8-21(28)19(33-14(5)26)17(31-12(3)24)16(30-11(2)23)18(32-13(4)25)20(21)34-15(6)27/h16-20,28H,7-9H2,1-6H3/t16?,17?,18?,19-,20?,21?/m0/s1. The predicted molar refractivity (Wildman–Crippen MR) is 109 cm³/mol. The Bertz CT molecular complexity index is 760. The molecular formula is C21H30O13. The van der Waals surface area contributed by atoms with Crippen LogP contribution in [0.2, 0.25) is 0 Å². The fourth-order valence-electron chi connectivity index (χ4n) is 3.78. The lowest BCUT2D eigenvalue weighted by molar-refractivity contribution is -0.287. The normalized spacial score (nSPS) is 28.1. The lowest BCUT2D eigenvalue weighted by atomic mass is 9.71. The Kier molecular flexibility index (Phi) is 10.4. The molecule has 1 rings (SSSR count). The summed E-state index contributed by atoms with van der Waals surface area (Å²) in [7, 11) is 0. The summed E-state index contributed by atoms with van der Waals surface area (Å²) in [5.41, 5.74) is -2.33. The third kappa shape index (κ3) is 7.97. The van der Waals surface area contributed by atoms with Crippen molar-refractivity contribution < 1.29 is 62.3 Å². The van der Waals surface area contributed by atoms with Crippen LogP contribution in [0.15, 0.2) is 0 Å². The first kappa shape index (κ1) is 28.8. The summed E-state index contributed by atoms with van der Waals surface area (Å²) in [4.78, 5) is 70.5. The van der Waals surface area contributed by atoms with Crippen molar-refractivity contribution in [2.24, 2.45) is 0 Å². The third-order valence-electron chi connectivity index (χ3n) is 4.75. The molecule has 5 unspecified atom stereocenters. The van der Waals surface area contributed by atoms with Crippen LogP contribution in [-0.4, -0.2) is 83.7 Å². The van der Waals surface area contributed by atoms with E-state index < -0.39 is 71.9 Å². The SMILES string of the molecule is CC(=O)OCCCC1(O)C(OC(C)=O)C(OC(C)=O)C(OC(C)=O)C(OC(C)=O)[C@@H]1OC(C)=O. The molecule has 1 aliphatic carbocycles. The Morgan fingerprint density at radius 2 is 0.941 bits per heavy atom. The fraction of sp³-hybridized carbons (Fsp3) is 0.714. The molecule has 0 aliphatic heterocycles. The predicted octanol–water partition coefficient (Wildman–Crippen LogP) is -0.267. The zero-order valence-electron chi connectivity index (χ0n) is 19.9. The van der Waals surface area contributed by atoms with Crippen LogP contribution in [0.3, 0.4) is 0 Å². The molecule has 0 aromatic carbocycles. The second-order valence-corrected chi connectivity index (χ2v) is 7.72. The average Bonchev–Trinajstić information content (AvgIpc) is 2.66. The van der Waals surface area contributed by atoms with Gasteiger partial charge in [-0.25, -0.2) is 0 Å². The van der Waals surface area contributed by atoms with Gasteiger partial charge < -0.3 is 33.5 Å². The zero-order valence-corrected chi connectivity index (χ0v) is 19.9. The summed E-state index contributed by atoms with van der Waals surface area (Å²) in [6.07, 6.45) is -8.74. The minimum Gasteiger partial charge on any atom is -0.466 e. The second kappa shape index (κ2) is 12.3. The summed E-state index contributed by atoms with van der Waals surface area (Å²) < 4.78 is 31.2. The van der Waals surface area contributed by atoms with Gasteiger partial charge in [0, 0.05) is 41.5 Å². The number of hydrogen-bond donors (Lipinski definition) is 1. The third-order valence-corrected chi connectivity index (χ3v) is 4.75. The first-order valence-electron chi connectivity index (χ1n) is 10.4. The molecule has 0 aromatic rings. The van der Waals surface area contributed by atoms with Crippen LogP contribution >= 0.6 is 0 Å². The van der Waals surface area contributed by atoms with Crippen LogP contribution < -0.4 is 0 Å². The maximum atomic E-state index is 11.9. The van der Waals surface area contributed by atoms with Gasteiger partial charge in [0.2, 0.25) is 0 Å². The highest BCUT2D eigenvalue weighted by Gasteiger charge is 2.66. The molecule has 6 atom stereocenters. The molecule has 0 amide bonds. The van der Waals surface area contributed by atoms with Crippen molar-refractivity contribution in [1.82, 2.24) is 0 Å². The highest BCUT2D eigenvalue weighted by atomic mass is 16.7. The summed E-state index contributed by atoms with van der Waals surface area (Å²) in [5.74, 6) is -5.08. The molecule has 0 bridgehead atoms. The van der Waals surface area contributed by atoms with Gasteiger partial charge in [-0.1, -0.05) is 0 Å². The zero-order chi connectivity index (χ0) is 26.2. The van der Waals surface area contributed by atoms with E-state index in [1.165, 1.54) is 6.92 Å². The molecule has 0 saturated heterocycles. The Hall–Kier alpha value is -3.22. The lowest BCUT2D eigenvalue weighted by Gasteiger charge is -2.52. The van der Waals surface area contributed by atoms with E-state index in [-0.39, 0.29) is 19.4 Å². The topological polar surface area (TPSA) is 178 Å². The van der Waals surface area contributed by atoms with Gasteiger partial charge in [0.15, 0.2) is 30.5 Å². The number of esters is 6. The van der Waals surface area contributed by atoms with E-state index in [4.69, 9.17) is 28.4 Å².